The van der Waals surface area contributed by atoms with Crippen LogP contribution in [-0.2, 0) is 16.0 Å². The molecule has 9 heteroatoms. The first kappa shape index (κ1) is 23.8. The molecule has 34 heavy (non-hydrogen) atoms. The molecule has 0 atom stereocenters. The van der Waals surface area contributed by atoms with Crippen LogP contribution < -0.4 is 15.0 Å². The molecule has 0 radical (unpaired) electrons. The second kappa shape index (κ2) is 9.89. The number of carbonyl (C=O) groups excluding carboxylic acids is 3. The van der Waals surface area contributed by atoms with Crippen LogP contribution in [0.25, 0.3) is 6.08 Å². The molecule has 3 aromatic rings. The van der Waals surface area contributed by atoms with Crippen molar-refractivity contribution in [1.29, 1.82) is 0 Å². The van der Waals surface area contributed by atoms with Gasteiger partial charge in [-0.2, -0.15) is 0 Å². The molecule has 0 unspecified atom stereocenters. The van der Waals surface area contributed by atoms with Gasteiger partial charge in [-0.15, -0.1) is 0 Å². The molecule has 1 aliphatic rings. The quantitative estimate of drug-likeness (QED) is 0.338. The Morgan fingerprint density at radius 1 is 0.912 bits per heavy atom. The molecule has 0 saturated carbocycles. The summed E-state index contributed by atoms with van der Waals surface area (Å²) >= 11 is 19.0. The van der Waals surface area contributed by atoms with Gasteiger partial charge in [-0.05, 0) is 47.5 Å². The van der Waals surface area contributed by atoms with Crippen LogP contribution in [0, 0.1) is 0 Å². The van der Waals surface area contributed by atoms with Gasteiger partial charge in [-0.25, -0.2) is 9.69 Å². The molecule has 0 bridgehead atoms. The van der Waals surface area contributed by atoms with Gasteiger partial charge in [0.15, 0.2) is 0 Å². The Balaban J connectivity index is 1.73. The van der Waals surface area contributed by atoms with Gasteiger partial charge < -0.3 is 4.74 Å². The molecule has 6 nitrogen and oxygen atoms in total. The standard InChI is InChI=1S/C25H17Cl3N2O4/c1-34-22-12-14(11-20(28)16(22)13-15-6-2-3-7-18(15)26)10-17-23(31)29-25(33)30(24(17)32)21-9-5-4-8-19(21)27/h2-12H,13H2,1H3,(H,29,31,33)/b17-10+. The Bertz CT molecular complexity index is 1350. The summed E-state index contributed by atoms with van der Waals surface area (Å²) in [6.07, 6.45) is 1.77. The van der Waals surface area contributed by atoms with Gasteiger partial charge in [0, 0.05) is 22.0 Å². The number of para-hydroxylation sites is 1. The van der Waals surface area contributed by atoms with Crippen molar-refractivity contribution in [3.8, 4) is 5.75 Å². The molecular weight excluding hydrogens is 499 g/mol. The number of nitrogens with zero attached hydrogens (tertiary/aromatic N) is 1. The number of imide groups is 2. The van der Waals surface area contributed by atoms with Crippen molar-refractivity contribution >= 4 is 64.4 Å². The van der Waals surface area contributed by atoms with E-state index < -0.39 is 17.8 Å². The van der Waals surface area contributed by atoms with Crippen molar-refractivity contribution in [1.82, 2.24) is 5.32 Å². The van der Waals surface area contributed by atoms with Crippen molar-refractivity contribution in [2.75, 3.05) is 12.0 Å². The third kappa shape index (κ3) is 4.66. The molecule has 172 valence electrons. The number of hydrogen-bond donors (Lipinski definition) is 1. The van der Waals surface area contributed by atoms with Crippen molar-refractivity contribution in [3.63, 3.8) is 0 Å². The highest BCUT2D eigenvalue weighted by Gasteiger charge is 2.37. The predicted molar refractivity (Wildman–Crippen MR) is 133 cm³/mol. The van der Waals surface area contributed by atoms with Crippen LogP contribution >= 0.6 is 34.8 Å². The van der Waals surface area contributed by atoms with Crippen LogP contribution in [0.1, 0.15) is 16.7 Å². The van der Waals surface area contributed by atoms with Crippen LogP contribution in [-0.4, -0.2) is 25.0 Å². The minimum Gasteiger partial charge on any atom is -0.496 e. The van der Waals surface area contributed by atoms with E-state index in [1.165, 1.54) is 19.3 Å². The highest BCUT2D eigenvalue weighted by atomic mass is 35.5. The fraction of sp³-hybridized carbons (Fsp3) is 0.0800. The molecule has 0 aliphatic carbocycles. The molecule has 1 aliphatic heterocycles. The van der Waals surface area contributed by atoms with Gasteiger partial charge in [0.1, 0.15) is 11.3 Å². The van der Waals surface area contributed by atoms with E-state index in [0.29, 0.717) is 33.3 Å². The smallest absolute Gasteiger partial charge is 0.335 e. The maximum absolute atomic E-state index is 13.1. The number of hydrogen-bond acceptors (Lipinski definition) is 4. The monoisotopic (exact) mass is 514 g/mol. The Morgan fingerprint density at radius 3 is 2.26 bits per heavy atom. The number of carbonyl (C=O) groups is 3. The lowest BCUT2D eigenvalue weighted by atomic mass is 10.00. The second-order valence-corrected chi connectivity index (χ2v) is 8.58. The average Bonchev–Trinajstić information content (AvgIpc) is 2.80. The van der Waals surface area contributed by atoms with E-state index in [2.05, 4.69) is 5.32 Å². The molecule has 4 rings (SSSR count). The molecule has 0 aromatic heterocycles. The van der Waals surface area contributed by atoms with Gasteiger partial charge in [0.05, 0.1) is 17.8 Å². The van der Waals surface area contributed by atoms with Crippen molar-refractivity contribution in [3.05, 3.63) is 98.0 Å². The maximum atomic E-state index is 13.1. The van der Waals surface area contributed by atoms with Crippen LogP contribution in [0.3, 0.4) is 0 Å². The number of barbiturate groups is 1. The normalized spacial score (nSPS) is 15.0. The van der Waals surface area contributed by atoms with E-state index in [9.17, 15) is 14.4 Å². The zero-order valence-electron chi connectivity index (χ0n) is 17.8. The molecule has 1 saturated heterocycles. The Hall–Kier alpha value is -3.32. The van der Waals surface area contributed by atoms with Crippen molar-refractivity contribution in [2.45, 2.75) is 6.42 Å². The van der Waals surface area contributed by atoms with Crippen LogP contribution in [0.5, 0.6) is 5.75 Å². The second-order valence-electron chi connectivity index (χ2n) is 7.36. The predicted octanol–water partition coefficient (Wildman–Crippen LogP) is 5.91. The summed E-state index contributed by atoms with van der Waals surface area (Å²) in [7, 11) is 1.49. The van der Waals surface area contributed by atoms with Gasteiger partial charge in [-0.3, -0.25) is 14.9 Å². The maximum Gasteiger partial charge on any atom is 0.335 e. The minimum atomic E-state index is -0.883. The highest BCUT2D eigenvalue weighted by molar-refractivity contribution is 6.42. The van der Waals surface area contributed by atoms with E-state index in [0.717, 1.165) is 10.5 Å². The average molecular weight is 516 g/mol. The zero-order chi connectivity index (χ0) is 24.4. The number of ether oxygens (including phenoxy) is 1. The molecule has 3 aromatic carbocycles. The number of nitrogens with one attached hydrogen (secondary N) is 1. The summed E-state index contributed by atoms with van der Waals surface area (Å²) in [6, 6.07) is 16.1. The molecule has 1 heterocycles. The van der Waals surface area contributed by atoms with E-state index in [4.69, 9.17) is 39.5 Å². The molecule has 1 N–H and O–H groups in total. The lowest BCUT2D eigenvalue weighted by molar-refractivity contribution is -0.122. The Morgan fingerprint density at radius 2 is 1.59 bits per heavy atom. The SMILES string of the molecule is COc1cc(/C=C2\C(=O)NC(=O)N(c3ccccc3Cl)C2=O)cc(Cl)c1Cc1ccccc1Cl. The first-order chi connectivity index (χ1) is 16.3. The fourth-order valence-electron chi connectivity index (χ4n) is 3.58. The van der Waals surface area contributed by atoms with Gasteiger partial charge in [0.2, 0.25) is 0 Å². The number of urea groups is 1. The van der Waals surface area contributed by atoms with E-state index >= 15 is 0 Å². The fourth-order valence-corrected chi connectivity index (χ4v) is 4.29. The molecule has 4 amide bonds. The topological polar surface area (TPSA) is 75.7 Å². The Kier molecular flexibility index (Phi) is 6.93. The molecular formula is C25H17Cl3N2O4. The first-order valence-corrected chi connectivity index (χ1v) is 11.2. The number of benzene rings is 3. The van der Waals surface area contributed by atoms with E-state index in [1.807, 2.05) is 18.2 Å². The third-order valence-corrected chi connectivity index (χ3v) is 6.25. The number of amides is 4. The molecule has 1 fully saturated rings. The van der Waals surface area contributed by atoms with Crippen molar-refractivity contribution in [2.24, 2.45) is 0 Å². The number of rotatable bonds is 5. The first-order valence-electron chi connectivity index (χ1n) is 10.1. The number of anilines is 1. The van der Waals surface area contributed by atoms with Gasteiger partial charge >= 0.3 is 6.03 Å². The van der Waals surface area contributed by atoms with Crippen LogP contribution in [0.15, 0.2) is 66.2 Å². The van der Waals surface area contributed by atoms with E-state index in [1.54, 1.807) is 36.4 Å². The summed E-state index contributed by atoms with van der Waals surface area (Å²) in [4.78, 5) is 38.9. The lowest BCUT2D eigenvalue weighted by Crippen LogP contribution is -2.54. The summed E-state index contributed by atoms with van der Waals surface area (Å²) in [5.74, 6) is -1.17. The molecule has 0 spiro atoms. The van der Waals surface area contributed by atoms with Crippen LogP contribution in [0.2, 0.25) is 15.1 Å². The minimum absolute atomic E-state index is 0.163. The Labute approximate surface area is 210 Å². The lowest BCUT2D eigenvalue weighted by Gasteiger charge is -2.27. The number of halogens is 3. The summed E-state index contributed by atoms with van der Waals surface area (Å²) in [5, 5.41) is 3.33. The number of methoxy groups -OCH3 is 1. The summed E-state index contributed by atoms with van der Waals surface area (Å²) in [6.45, 7) is 0. The zero-order valence-corrected chi connectivity index (χ0v) is 20.0. The van der Waals surface area contributed by atoms with Gasteiger partial charge in [-0.1, -0.05) is 65.1 Å². The summed E-state index contributed by atoms with van der Waals surface area (Å²) < 4.78 is 5.52. The largest absolute Gasteiger partial charge is 0.496 e. The van der Waals surface area contributed by atoms with Crippen molar-refractivity contribution < 1.29 is 19.1 Å². The van der Waals surface area contributed by atoms with E-state index in [-0.39, 0.29) is 16.3 Å². The van der Waals surface area contributed by atoms with Gasteiger partial charge in [0.25, 0.3) is 11.8 Å². The van der Waals surface area contributed by atoms with Crippen LogP contribution in [0.4, 0.5) is 10.5 Å². The summed E-state index contributed by atoms with van der Waals surface area (Å²) in [5.41, 5.74) is 1.92. The third-order valence-electron chi connectivity index (χ3n) is 5.23. The highest BCUT2D eigenvalue weighted by Crippen LogP contribution is 2.34.